The molecular weight excluding hydrogens is 294 g/mol. The molecule has 5 nitrogen and oxygen atoms in total. The van der Waals surface area contributed by atoms with Gasteiger partial charge in [0.1, 0.15) is 5.75 Å². The van der Waals surface area contributed by atoms with E-state index < -0.39 is 5.97 Å². The topological polar surface area (TPSA) is 86.6 Å². The lowest BCUT2D eigenvalue weighted by molar-refractivity contribution is -0.143. The lowest BCUT2D eigenvalue weighted by Gasteiger charge is -2.26. The highest BCUT2D eigenvalue weighted by Gasteiger charge is 2.26. The summed E-state index contributed by atoms with van der Waals surface area (Å²) in [6.45, 7) is 0.497. The molecule has 21 heavy (non-hydrogen) atoms. The minimum absolute atomic E-state index is 0.00786. The number of rotatable bonds is 4. The number of aromatic hydroxyl groups is 1. The molecule has 3 N–H and O–H groups in total. The molecule has 0 unspecified atom stereocenters. The molecule has 0 bridgehead atoms. The highest BCUT2D eigenvalue weighted by molar-refractivity contribution is 6.33. The molecule has 0 aliphatic heterocycles. The fourth-order valence-corrected chi connectivity index (χ4v) is 2.84. The molecule has 0 radical (unpaired) electrons. The summed E-state index contributed by atoms with van der Waals surface area (Å²) in [5.41, 5.74) is 0.246. The van der Waals surface area contributed by atoms with Gasteiger partial charge in [0.2, 0.25) is 0 Å². The Labute approximate surface area is 127 Å². The number of amides is 1. The van der Waals surface area contributed by atoms with E-state index in [9.17, 15) is 14.7 Å². The Kier molecular flexibility index (Phi) is 5.07. The van der Waals surface area contributed by atoms with Gasteiger partial charge in [-0.15, -0.1) is 0 Å². The number of nitrogens with one attached hydrogen (secondary N) is 1. The van der Waals surface area contributed by atoms with E-state index in [2.05, 4.69) is 5.32 Å². The highest BCUT2D eigenvalue weighted by Crippen LogP contribution is 2.28. The van der Waals surface area contributed by atoms with Crippen molar-refractivity contribution in [2.45, 2.75) is 25.7 Å². The maximum absolute atomic E-state index is 12.0. The van der Waals surface area contributed by atoms with Crippen molar-refractivity contribution in [3.05, 3.63) is 28.8 Å². The van der Waals surface area contributed by atoms with Crippen LogP contribution in [0.5, 0.6) is 5.75 Å². The molecule has 1 aliphatic rings. The monoisotopic (exact) mass is 311 g/mol. The van der Waals surface area contributed by atoms with Gasteiger partial charge in [-0.25, -0.2) is 0 Å². The molecule has 0 heterocycles. The summed E-state index contributed by atoms with van der Waals surface area (Å²) >= 11 is 5.93. The van der Waals surface area contributed by atoms with E-state index in [4.69, 9.17) is 16.7 Å². The van der Waals surface area contributed by atoms with Crippen molar-refractivity contribution in [3.8, 4) is 5.75 Å². The number of hydrogen-bond donors (Lipinski definition) is 3. The maximum atomic E-state index is 12.0. The van der Waals surface area contributed by atoms with Crippen LogP contribution in [0.15, 0.2) is 18.2 Å². The molecule has 6 heteroatoms. The van der Waals surface area contributed by atoms with Crippen LogP contribution in [0.2, 0.25) is 5.02 Å². The van der Waals surface area contributed by atoms with Crippen LogP contribution in [0, 0.1) is 11.8 Å². The molecule has 1 fully saturated rings. The number of carboxylic acids is 1. The van der Waals surface area contributed by atoms with Gasteiger partial charge in [0.15, 0.2) is 0 Å². The van der Waals surface area contributed by atoms with Gasteiger partial charge >= 0.3 is 5.97 Å². The van der Waals surface area contributed by atoms with Crippen LogP contribution in [0.4, 0.5) is 0 Å². The predicted molar refractivity (Wildman–Crippen MR) is 78.5 cm³/mol. The number of phenols is 1. The fraction of sp³-hybridized carbons (Fsp3) is 0.467. The van der Waals surface area contributed by atoms with Crippen LogP contribution in [-0.4, -0.2) is 28.6 Å². The summed E-state index contributed by atoms with van der Waals surface area (Å²) < 4.78 is 0. The van der Waals surface area contributed by atoms with Crippen LogP contribution < -0.4 is 5.32 Å². The number of carbonyl (C=O) groups excluding carboxylic acids is 1. The molecule has 114 valence electrons. The number of halogens is 1. The van der Waals surface area contributed by atoms with Gasteiger partial charge in [-0.3, -0.25) is 9.59 Å². The molecule has 0 atom stereocenters. The van der Waals surface area contributed by atoms with E-state index in [1.54, 1.807) is 0 Å². The summed E-state index contributed by atoms with van der Waals surface area (Å²) in [4.78, 5) is 22.9. The largest absolute Gasteiger partial charge is 0.508 e. The van der Waals surface area contributed by atoms with Crippen molar-refractivity contribution in [2.24, 2.45) is 11.8 Å². The minimum atomic E-state index is -0.732. The Morgan fingerprint density at radius 3 is 2.52 bits per heavy atom. The quantitative estimate of drug-likeness (QED) is 0.798. The van der Waals surface area contributed by atoms with E-state index >= 15 is 0 Å². The lowest BCUT2D eigenvalue weighted by atomic mass is 9.82. The molecular formula is C15H18ClNO4. The van der Waals surface area contributed by atoms with Crippen LogP contribution in [0.25, 0.3) is 0 Å². The molecule has 1 aromatic rings. The molecule has 1 aliphatic carbocycles. The number of benzene rings is 1. The first-order valence-corrected chi connectivity index (χ1v) is 7.34. The van der Waals surface area contributed by atoms with Crippen molar-refractivity contribution < 1.29 is 19.8 Å². The summed E-state index contributed by atoms with van der Waals surface area (Å²) in [6.07, 6.45) is 2.90. The first-order chi connectivity index (χ1) is 9.97. The van der Waals surface area contributed by atoms with Crippen LogP contribution in [0.1, 0.15) is 36.0 Å². The van der Waals surface area contributed by atoms with Crippen molar-refractivity contribution >= 4 is 23.5 Å². The molecule has 1 amide bonds. The summed E-state index contributed by atoms with van der Waals surface area (Å²) in [5.74, 6) is -1.02. The van der Waals surface area contributed by atoms with Gasteiger partial charge in [-0.2, -0.15) is 0 Å². The van der Waals surface area contributed by atoms with Crippen molar-refractivity contribution in [1.82, 2.24) is 5.32 Å². The van der Waals surface area contributed by atoms with Gasteiger partial charge in [0.05, 0.1) is 16.5 Å². The maximum Gasteiger partial charge on any atom is 0.306 e. The summed E-state index contributed by atoms with van der Waals surface area (Å²) in [7, 11) is 0. The zero-order chi connectivity index (χ0) is 15.4. The Morgan fingerprint density at radius 1 is 1.24 bits per heavy atom. The van der Waals surface area contributed by atoms with Crippen molar-refractivity contribution in [3.63, 3.8) is 0 Å². The zero-order valence-electron chi connectivity index (χ0n) is 11.5. The van der Waals surface area contributed by atoms with Gasteiger partial charge in [0, 0.05) is 6.54 Å². The average Bonchev–Trinajstić information content (AvgIpc) is 2.47. The second-order valence-corrected chi connectivity index (χ2v) is 5.84. The summed E-state index contributed by atoms with van der Waals surface area (Å²) in [5, 5.41) is 21.4. The zero-order valence-corrected chi connectivity index (χ0v) is 12.3. The third kappa shape index (κ3) is 4.11. The highest BCUT2D eigenvalue weighted by atomic mass is 35.5. The van der Waals surface area contributed by atoms with Gasteiger partial charge in [-0.05, 0) is 49.8 Å². The molecule has 2 rings (SSSR count). The number of hydrogen-bond acceptors (Lipinski definition) is 3. The number of phenolic OH excluding ortho intramolecular Hbond substituents is 1. The smallest absolute Gasteiger partial charge is 0.306 e. The van der Waals surface area contributed by atoms with E-state index in [0.717, 1.165) is 12.8 Å². The van der Waals surface area contributed by atoms with E-state index in [-0.39, 0.29) is 23.1 Å². The second kappa shape index (κ2) is 6.80. The number of carbonyl (C=O) groups is 2. The minimum Gasteiger partial charge on any atom is -0.508 e. The second-order valence-electron chi connectivity index (χ2n) is 5.43. The Hall–Kier alpha value is -1.75. The van der Waals surface area contributed by atoms with E-state index in [1.165, 1.54) is 18.2 Å². The van der Waals surface area contributed by atoms with Crippen molar-refractivity contribution in [1.29, 1.82) is 0 Å². The molecule has 0 spiro atoms. The Balaban J connectivity index is 1.85. The molecule has 0 aromatic heterocycles. The van der Waals surface area contributed by atoms with Crippen LogP contribution in [0.3, 0.4) is 0 Å². The average molecular weight is 312 g/mol. The SMILES string of the molecule is O=C(NCC1CCC(C(=O)O)CC1)c1cc(O)ccc1Cl. The summed E-state index contributed by atoms with van der Waals surface area (Å²) in [6, 6.07) is 4.23. The predicted octanol–water partition coefficient (Wildman–Crippen LogP) is 2.67. The third-order valence-electron chi connectivity index (χ3n) is 3.94. The van der Waals surface area contributed by atoms with Gasteiger partial charge in [-0.1, -0.05) is 11.6 Å². The van der Waals surface area contributed by atoms with Crippen molar-refractivity contribution in [2.75, 3.05) is 6.54 Å². The van der Waals surface area contributed by atoms with E-state index in [0.29, 0.717) is 30.3 Å². The fourth-order valence-electron chi connectivity index (χ4n) is 2.63. The Morgan fingerprint density at radius 2 is 1.90 bits per heavy atom. The molecule has 1 saturated carbocycles. The van der Waals surface area contributed by atoms with Gasteiger partial charge in [0.25, 0.3) is 5.91 Å². The van der Waals surface area contributed by atoms with E-state index in [1.807, 2.05) is 0 Å². The molecule has 1 aromatic carbocycles. The first kappa shape index (κ1) is 15.6. The first-order valence-electron chi connectivity index (χ1n) is 6.97. The third-order valence-corrected chi connectivity index (χ3v) is 4.27. The number of aliphatic carboxylic acids is 1. The molecule has 0 saturated heterocycles. The van der Waals surface area contributed by atoms with Crippen LogP contribution in [-0.2, 0) is 4.79 Å². The number of carboxylic acid groups (broad SMARTS) is 1. The standard InChI is InChI=1S/C15H18ClNO4/c16-13-6-5-11(18)7-12(13)14(19)17-8-9-1-3-10(4-2-9)15(20)21/h5-7,9-10,18H,1-4,8H2,(H,17,19)(H,20,21). The van der Waals surface area contributed by atoms with Crippen LogP contribution >= 0.6 is 11.6 Å². The lowest BCUT2D eigenvalue weighted by Crippen LogP contribution is -2.32. The van der Waals surface area contributed by atoms with Gasteiger partial charge < -0.3 is 15.5 Å². The normalized spacial score (nSPS) is 21.8. The Bertz CT molecular complexity index is 538.